The third-order valence-corrected chi connectivity index (χ3v) is 3.33. The van der Waals surface area contributed by atoms with Gasteiger partial charge in [0.2, 0.25) is 0 Å². The van der Waals surface area contributed by atoms with Crippen LogP contribution in [0, 0.1) is 6.92 Å². The van der Waals surface area contributed by atoms with Crippen molar-refractivity contribution in [2.45, 2.75) is 25.2 Å². The van der Waals surface area contributed by atoms with Crippen LogP contribution in [-0.2, 0) is 6.42 Å². The summed E-state index contributed by atoms with van der Waals surface area (Å²) in [5, 5.41) is 0. The summed E-state index contributed by atoms with van der Waals surface area (Å²) in [5.41, 5.74) is 2.60. The van der Waals surface area contributed by atoms with Crippen LogP contribution < -0.4 is 4.18 Å². The molecule has 0 aliphatic rings. The number of hydrogen-bond acceptors (Lipinski definition) is 2. The first kappa shape index (κ1) is 12.1. The molecule has 0 heterocycles. The molecule has 88 valence electrons. The first-order valence-corrected chi connectivity index (χ1v) is 6.52. The summed E-state index contributed by atoms with van der Waals surface area (Å²) in [4.78, 5) is 1.12. The summed E-state index contributed by atoms with van der Waals surface area (Å²) in [6, 6.07) is 16.6. The maximum absolute atomic E-state index is 5.65. The standard InChI is InChI=1S/C15H16OS/c1-3-13-6-8-14(9-7-13)16-17-15-10-4-12(2)5-11-15/h4-11H,3H2,1-2H3. The van der Waals surface area contributed by atoms with Crippen molar-refractivity contribution in [3.05, 3.63) is 59.7 Å². The van der Waals surface area contributed by atoms with E-state index in [0.717, 1.165) is 17.1 Å². The number of aryl methyl sites for hydroxylation is 2. The zero-order valence-electron chi connectivity index (χ0n) is 10.1. The smallest absolute Gasteiger partial charge is 0.137 e. The first-order valence-electron chi connectivity index (χ1n) is 5.78. The molecule has 2 heteroatoms. The Bertz CT molecular complexity index is 459. The van der Waals surface area contributed by atoms with Crippen LogP contribution in [-0.4, -0.2) is 0 Å². The summed E-state index contributed by atoms with van der Waals surface area (Å²) in [7, 11) is 0. The summed E-state index contributed by atoms with van der Waals surface area (Å²) < 4.78 is 5.65. The van der Waals surface area contributed by atoms with E-state index in [2.05, 4.69) is 50.2 Å². The molecule has 0 amide bonds. The maximum atomic E-state index is 5.65. The zero-order valence-corrected chi connectivity index (χ0v) is 11.0. The van der Waals surface area contributed by atoms with Crippen molar-refractivity contribution in [2.75, 3.05) is 0 Å². The van der Waals surface area contributed by atoms with Crippen molar-refractivity contribution in [1.29, 1.82) is 0 Å². The Morgan fingerprint density at radius 2 is 1.59 bits per heavy atom. The van der Waals surface area contributed by atoms with E-state index in [9.17, 15) is 0 Å². The quantitative estimate of drug-likeness (QED) is 0.724. The van der Waals surface area contributed by atoms with Gasteiger partial charge in [-0.3, -0.25) is 0 Å². The Hall–Kier alpha value is -1.41. The highest BCUT2D eigenvalue weighted by atomic mass is 32.2. The van der Waals surface area contributed by atoms with Crippen LogP contribution in [0.5, 0.6) is 5.75 Å². The molecule has 0 unspecified atom stereocenters. The summed E-state index contributed by atoms with van der Waals surface area (Å²) in [5.74, 6) is 0.896. The van der Waals surface area contributed by atoms with Crippen LogP contribution in [0.15, 0.2) is 53.4 Å². The second-order valence-electron chi connectivity index (χ2n) is 3.98. The molecular weight excluding hydrogens is 228 g/mol. The second kappa shape index (κ2) is 5.78. The highest BCUT2D eigenvalue weighted by Crippen LogP contribution is 2.23. The fourth-order valence-electron chi connectivity index (χ4n) is 1.47. The van der Waals surface area contributed by atoms with E-state index >= 15 is 0 Å². The Labute approximate surface area is 107 Å². The van der Waals surface area contributed by atoms with Crippen molar-refractivity contribution in [3.63, 3.8) is 0 Å². The van der Waals surface area contributed by atoms with Gasteiger partial charge in [0.25, 0.3) is 0 Å². The lowest BCUT2D eigenvalue weighted by atomic mass is 10.2. The van der Waals surface area contributed by atoms with Gasteiger partial charge >= 0.3 is 0 Å². The molecule has 1 nitrogen and oxygen atoms in total. The zero-order chi connectivity index (χ0) is 12.1. The monoisotopic (exact) mass is 244 g/mol. The van der Waals surface area contributed by atoms with Crippen molar-refractivity contribution in [3.8, 4) is 5.75 Å². The molecule has 0 fully saturated rings. The molecule has 0 bridgehead atoms. The van der Waals surface area contributed by atoms with E-state index in [4.69, 9.17) is 4.18 Å². The molecule has 0 aromatic heterocycles. The molecule has 0 N–H and O–H groups in total. The highest BCUT2D eigenvalue weighted by Gasteiger charge is 1.98. The maximum Gasteiger partial charge on any atom is 0.137 e. The van der Waals surface area contributed by atoms with Crippen LogP contribution in [0.1, 0.15) is 18.1 Å². The second-order valence-corrected chi connectivity index (χ2v) is 4.78. The summed E-state index contributed by atoms with van der Waals surface area (Å²) in [6.45, 7) is 4.23. The SMILES string of the molecule is CCc1ccc(OSc2ccc(C)cc2)cc1. The van der Waals surface area contributed by atoms with Gasteiger partial charge < -0.3 is 4.18 Å². The number of benzene rings is 2. The van der Waals surface area contributed by atoms with Gasteiger partial charge in [-0.15, -0.1) is 0 Å². The van der Waals surface area contributed by atoms with Crippen molar-refractivity contribution in [2.24, 2.45) is 0 Å². The van der Waals surface area contributed by atoms with E-state index in [0.29, 0.717) is 0 Å². The van der Waals surface area contributed by atoms with Gasteiger partial charge in [0.05, 0.1) is 12.0 Å². The fraction of sp³-hybridized carbons (Fsp3) is 0.200. The van der Waals surface area contributed by atoms with Crippen LogP contribution in [0.4, 0.5) is 0 Å². The van der Waals surface area contributed by atoms with Gasteiger partial charge in [-0.2, -0.15) is 0 Å². The van der Waals surface area contributed by atoms with Gasteiger partial charge in [-0.1, -0.05) is 36.8 Å². The van der Waals surface area contributed by atoms with Crippen LogP contribution in [0.2, 0.25) is 0 Å². The minimum atomic E-state index is 0.896. The topological polar surface area (TPSA) is 9.23 Å². The number of hydrogen-bond donors (Lipinski definition) is 0. The lowest BCUT2D eigenvalue weighted by Crippen LogP contribution is -1.84. The van der Waals surface area contributed by atoms with E-state index in [-0.39, 0.29) is 0 Å². The van der Waals surface area contributed by atoms with E-state index < -0.39 is 0 Å². The lowest BCUT2D eigenvalue weighted by molar-refractivity contribution is 0.645. The first-order chi connectivity index (χ1) is 8.28. The van der Waals surface area contributed by atoms with Crippen molar-refractivity contribution in [1.82, 2.24) is 0 Å². The largest absolute Gasteiger partial charge is 0.421 e. The van der Waals surface area contributed by atoms with Crippen molar-refractivity contribution < 1.29 is 4.18 Å². The molecular formula is C15H16OS. The third kappa shape index (κ3) is 3.53. The van der Waals surface area contributed by atoms with Crippen LogP contribution in [0.3, 0.4) is 0 Å². The van der Waals surface area contributed by atoms with Gasteiger partial charge in [0.1, 0.15) is 5.75 Å². The molecule has 0 saturated carbocycles. The minimum absolute atomic E-state index is 0.896. The summed E-state index contributed by atoms with van der Waals surface area (Å²) >= 11 is 1.40. The fourth-order valence-corrected chi connectivity index (χ4v) is 2.02. The molecule has 0 aliphatic heterocycles. The van der Waals surface area contributed by atoms with E-state index in [1.54, 1.807) is 0 Å². The molecule has 17 heavy (non-hydrogen) atoms. The average molecular weight is 244 g/mol. The van der Waals surface area contributed by atoms with Crippen molar-refractivity contribution >= 4 is 12.0 Å². The van der Waals surface area contributed by atoms with Crippen LogP contribution in [0.25, 0.3) is 0 Å². The lowest BCUT2D eigenvalue weighted by Gasteiger charge is -2.05. The molecule has 0 aliphatic carbocycles. The highest BCUT2D eigenvalue weighted by molar-refractivity contribution is 7.95. The predicted molar refractivity (Wildman–Crippen MR) is 73.5 cm³/mol. The predicted octanol–water partition coefficient (Wildman–Crippen LogP) is 4.64. The Balaban J connectivity index is 1.95. The Morgan fingerprint density at radius 3 is 2.18 bits per heavy atom. The van der Waals surface area contributed by atoms with Gasteiger partial charge in [-0.25, -0.2) is 0 Å². The van der Waals surface area contributed by atoms with Gasteiger partial charge in [0, 0.05) is 4.90 Å². The average Bonchev–Trinajstić information content (AvgIpc) is 2.39. The third-order valence-electron chi connectivity index (χ3n) is 2.59. The van der Waals surface area contributed by atoms with E-state index in [1.807, 2.05) is 12.1 Å². The Kier molecular flexibility index (Phi) is 4.10. The summed E-state index contributed by atoms with van der Waals surface area (Å²) in [6.07, 6.45) is 1.06. The minimum Gasteiger partial charge on any atom is -0.421 e. The molecule has 0 atom stereocenters. The van der Waals surface area contributed by atoms with E-state index in [1.165, 1.54) is 23.2 Å². The van der Waals surface area contributed by atoms with Crippen LogP contribution >= 0.6 is 12.0 Å². The molecule has 0 saturated heterocycles. The normalized spacial score (nSPS) is 10.2. The van der Waals surface area contributed by atoms with Gasteiger partial charge in [0.15, 0.2) is 0 Å². The molecule has 2 aromatic carbocycles. The molecule has 2 aromatic rings. The molecule has 0 radical (unpaired) electrons. The number of rotatable bonds is 4. The molecule has 2 rings (SSSR count). The Morgan fingerprint density at radius 1 is 0.941 bits per heavy atom. The molecule has 0 spiro atoms. The van der Waals surface area contributed by atoms with Gasteiger partial charge in [-0.05, 0) is 43.2 Å².